The summed E-state index contributed by atoms with van der Waals surface area (Å²) in [4.78, 5) is 23.6. The van der Waals surface area contributed by atoms with E-state index in [9.17, 15) is 4.79 Å². The van der Waals surface area contributed by atoms with E-state index in [1.165, 1.54) is 11.1 Å². The second-order valence-electron chi connectivity index (χ2n) is 7.57. The molecule has 1 amide bonds. The van der Waals surface area contributed by atoms with E-state index in [4.69, 9.17) is 4.42 Å². The van der Waals surface area contributed by atoms with E-state index in [0.29, 0.717) is 12.3 Å². The summed E-state index contributed by atoms with van der Waals surface area (Å²) in [6.07, 6.45) is 3.20. The van der Waals surface area contributed by atoms with Crippen LogP contribution in [0.15, 0.2) is 35.0 Å². The van der Waals surface area contributed by atoms with Crippen molar-refractivity contribution in [1.29, 1.82) is 0 Å². The van der Waals surface area contributed by atoms with E-state index in [-0.39, 0.29) is 11.8 Å². The lowest BCUT2D eigenvalue weighted by molar-refractivity contribution is -0.125. The summed E-state index contributed by atoms with van der Waals surface area (Å²) < 4.78 is 5.73. The maximum absolute atomic E-state index is 12.6. The minimum Gasteiger partial charge on any atom is -0.443 e. The summed E-state index contributed by atoms with van der Waals surface area (Å²) in [6.45, 7) is 8.26. The van der Waals surface area contributed by atoms with Gasteiger partial charge in [0.15, 0.2) is 0 Å². The maximum Gasteiger partial charge on any atom is 0.231 e. The minimum absolute atomic E-state index is 0.0461. The Morgan fingerprint density at radius 3 is 2.68 bits per heavy atom. The van der Waals surface area contributed by atoms with Gasteiger partial charge in [-0.15, -0.1) is 0 Å². The van der Waals surface area contributed by atoms with Gasteiger partial charge in [0.2, 0.25) is 11.6 Å². The van der Waals surface area contributed by atoms with Gasteiger partial charge in [0.05, 0.1) is 5.39 Å². The van der Waals surface area contributed by atoms with Gasteiger partial charge in [-0.25, -0.2) is 9.97 Å². The molecule has 0 radical (unpaired) electrons. The molecule has 0 saturated carbocycles. The van der Waals surface area contributed by atoms with Gasteiger partial charge in [0.1, 0.15) is 17.9 Å². The van der Waals surface area contributed by atoms with E-state index in [1.807, 2.05) is 26.0 Å². The highest BCUT2D eigenvalue weighted by atomic mass is 16.3. The number of carbonyl (C=O) groups is 1. The molecule has 2 aromatic heterocycles. The second kappa shape index (κ2) is 7.62. The van der Waals surface area contributed by atoms with Crippen LogP contribution in [0, 0.1) is 26.7 Å². The van der Waals surface area contributed by atoms with Crippen LogP contribution >= 0.6 is 0 Å². The van der Waals surface area contributed by atoms with E-state index >= 15 is 0 Å². The van der Waals surface area contributed by atoms with Crippen LogP contribution in [0.5, 0.6) is 0 Å². The average Bonchev–Trinajstić information content (AvgIpc) is 3.01. The molecule has 1 aliphatic heterocycles. The van der Waals surface area contributed by atoms with Crippen LogP contribution in [0.1, 0.15) is 35.3 Å². The third kappa shape index (κ3) is 3.46. The molecule has 0 unspecified atom stereocenters. The Morgan fingerprint density at radius 2 is 1.93 bits per heavy atom. The summed E-state index contributed by atoms with van der Waals surface area (Å²) in [6, 6.07) is 8.16. The molecule has 0 aliphatic carbocycles. The second-order valence-corrected chi connectivity index (χ2v) is 7.57. The lowest BCUT2D eigenvalue weighted by Crippen LogP contribution is -2.40. The molecule has 0 atom stereocenters. The zero-order valence-electron chi connectivity index (χ0n) is 16.7. The van der Waals surface area contributed by atoms with Gasteiger partial charge in [0.25, 0.3) is 0 Å². The van der Waals surface area contributed by atoms with Crippen molar-refractivity contribution < 1.29 is 9.21 Å². The Hall–Kier alpha value is -2.89. The Bertz CT molecular complexity index is 1000. The van der Waals surface area contributed by atoms with Gasteiger partial charge in [-0.05, 0) is 44.7 Å². The van der Waals surface area contributed by atoms with Gasteiger partial charge < -0.3 is 14.6 Å². The first-order chi connectivity index (χ1) is 13.5. The molecule has 28 heavy (non-hydrogen) atoms. The van der Waals surface area contributed by atoms with Gasteiger partial charge in [-0.2, -0.15) is 0 Å². The number of piperidine rings is 1. The number of nitrogens with zero attached hydrogens (tertiary/aromatic N) is 3. The van der Waals surface area contributed by atoms with Crippen LogP contribution in [0.4, 0.5) is 5.82 Å². The number of hydrogen-bond acceptors (Lipinski definition) is 5. The third-order valence-electron chi connectivity index (χ3n) is 5.82. The maximum atomic E-state index is 12.6. The van der Waals surface area contributed by atoms with E-state index in [0.717, 1.165) is 48.5 Å². The first kappa shape index (κ1) is 18.5. The third-order valence-corrected chi connectivity index (χ3v) is 5.82. The van der Waals surface area contributed by atoms with E-state index in [1.54, 1.807) is 6.33 Å². The fourth-order valence-electron chi connectivity index (χ4n) is 3.89. The van der Waals surface area contributed by atoms with Crippen molar-refractivity contribution in [2.45, 2.75) is 40.2 Å². The summed E-state index contributed by atoms with van der Waals surface area (Å²) >= 11 is 0. The molecule has 3 aromatic rings. The Morgan fingerprint density at radius 1 is 1.18 bits per heavy atom. The van der Waals surface area contributed by atoms with Crippen molar-refractivity contribution in [3.63, 3.8) is 0 Å². The monoisotopic (exact) mass is 378 g/mol. The lowest BCUT2D eigenvalue weighted by atomic mass is 9.95. The molecule has 6 nitrogen and oxygen atoms in total. The number of anilines is 1. The average molecular weight is 378 g/mol. The molecule has 1 N–H and O–H groups in total. The Balaban J connectivity index is 1.40. The number of amides is 1. The van der Waals surface area contributed by atoms with Gasteiger partial charge >= 0.3 is 0 Å². The molecule has 1 aromatic carbocycles. The molecule has 3 heterocycles. The van der Waals surface area contributed by atoms with Crippen molar-refractivity contribution in [2.24, 2.45) is 5.92 Å². The van der Waals surface area contributed by atoms with Crippen LogP contribution in [-0.4, -0.2) is 29.0 Å². The fraction of sp³-hybridized carbons (Fsp3) is 0.409. The van der Waals surface area contributed by atoms with Gasteiger partial charge in [0, 0.05) is 31.1 Å². The topological polar surface area (TPSA) is 71.3 Å². The predicted molar refractivity (Wildman–Crippen MR) is 109 cm³/mol. The summed E-state index contributed by atoms with van der Waals surface area (Å²) in [5.74, 6) is 1.98. The van der Waals surface area contributed by atoms with Crippen molar-refractivity contribution in [2.75, 3.05) is 18.0 Å². The quantitative estimate of drug-likeness (QED) is 0.750. The zero-order valence-corrected chi connectivity index (χ0v) is 16.7. The smallest absolute Gasteiger partial charge is 0.231 e. The van der Waals surface area contributed by atoms with Gasteiger partial charge in [-0.1, -0.05) is 24.3 Å². The number of furan rings is 1. The number of aryl methyl sites for hydroxylation is 3. The van der Waals surface area contributed by atoms with Crippen LogP contribution in [0.25, 0.3) is 11.1 Å². The number of hydrogen-bond donors (Lipinski definition) is 1. The van der Waals surface area contributed by atoms with Crippen molar-refractivity contribution in [1.82, 2.24) is 15.3 Å². The molecule has 0 spiro atoms. The first-order valence-electron chi connectivity index (χ1n) is 9.82. The highest BCUT2D eigenvalue weighted by molar-refractivity contribution is 5.90. The summed E-state index contributed by atoms with van der Waals surface area (Å²) in [5, 5.41) is 4.10. The van der Waals surface area contributed by atoms with Crippen LogP contribution < -0.4 is 10.2 Å². The number of fused-ring (bicyclic) bond motifs is 1. The predicted octanol–water partition coefficient (Wildman–Crippen LogP) is 3.68. The zero-order chi connectivity index (χ0) is 19.7. The van der Waals surface area contributed by atoms with Crippen LogP contribution in [0.3, 0.4) is 0 Å². The standard InChI is InChI=1S/C22H26N4O2/c1-14-6-4-5-7-18(14)12-23-21(27)17-8-10-26(11-9-17)20-19-15(2)16(3)28-22(19)25-13-24-20/h4-7,13,17H,8-12H2,1-3H3,(H,23,27). The largest absolute Gasteiger partial charge is 0.443 e. The number of nitrogens with one attached hydrogen (secondary N) is 1. The number of rotatable bonds is 4. The van der Waals surface area contributed by atoms with Crippen molar-refractivity contribution in [3.05, 3.63) is 53.0 Å². The van der Waals surface area contributed by atoms with Crippen LogP contribution in [-0.2, 0) is 11.3 Å². The Labute approximate surface area is 165 Å². The van der Waals surface area contributed by atoms with Gasteiger partial charge in [-0.3, -0.25) is 4.79 Å². The molecule has 0 bridgehead atoms. The number of benzene rings is 1. The van der Waals surface area contributed by atoms with Crippen LogP contribution in [0.2, 0.25) is 0 Å². The minimum atomic E-state index is 0.0461. The SMILES string of the molecule is Cc1ccccc1CNC(=O)C1CCN(c2ncnc3oc(C)c(C)c23)CC1. The van der Waals surface area contributed by atoms with Crippen molar-refractivity contribution >= 4 is 22.8 Å². The normalized spacial score (nSPS) is 15.2. The van der Waals surface area contributed by atoms with E-state index < -0.39 is 0 Å². The highest BCUT2D eigenvalue weighted by Crippen LogP contribution is 2.32. The molecule has 1 fully saturated rings. The van der Waals surface area contributed by atoms with E-state index in [2.05, 4.69) is 39.2 Å². The van der Waals surface area contributed by atoms with Crippen molar-refractivity contribution in [3.8, 4) is 0 Å². The summed E-state index contributed by atoms with van der Waals surface area (Å²) in [7, 11) is 0. The molecular weight excluding hydrogens is 352 g/mol. The first-order valence-corrected chi connectivity index (χ1v) is 9.82. The lowest BCUT2D eigenvalue weighted by Gasteiger charge is -2.32. The molecule has 4 rings (SSSR count). The Kier molecular flexibility index (Phi) is 5.03. The number of carbonyl (C=O) groups excluding carboxylic acids is 1. The molecule has 1 saturated heterocycles. The molecule has 146 valence electrons. The molecular formula is C22H26N4O2. The fourth-order valence-corrected chi connectivity index (χ4v) is 3.89. The summed E-state index contributed by atoms with van der Waals surface area (Å²) in [5.41, 5.74) is 4.10. The number of aromatic nitrogens is 2. The highest BCUT2D eigenvalue weighted by Gasteiger charge is 2.27. The molecule has 6 heteroatoms. The molecule has 1 aliphatic rings.